The number of aryl methyl sites for hydroxylation is 1. The lowest BCUT2D eigenvalue weighted by molar-refractivity contribution is 0.0396. The van der Waals surface area contributed by atoms with E-state index in [1.807, 2.05) is 0 Å². The minimum Gasteiger partial charge on any atom is -0.363 e. The van der Waals surface area contributed by atoms with E-state index in [1.165, 1.54) is 11.1 Å². The molecule has 2 aliphatic heterocycles. The maximum absolute atomic E-state index is 5.95. The van der Waals surface area contributed by atoms with Gasteiger partial charge in [-0.15, -0.1) is 0 Å². The third-order valence-corrected chi connectivity index (χ3v) is 3.69. The van der Waals surface area contributed by atoms with Crippen molar-refractivity contribution in [3.05, 3.63) is 47.5 Å². The number of ether oxygens (including phenoxy) is 1. The molecule has 0 spiro atoms. The molecule has 3 rings (SSSR count). The molecule has 0 amide bonds. The van der Waals surface area contributed by atoms with Crippen LogP contribution in [0.2, 0.25) is 0 Å². The van der Waals surface area contributed by atoms with Crippen LogP contribution in [0.1, 0.15) is 30.4 Å². The first-order valence-corrected chi connectivity index (χ1v) is 5.61. The van der Waals surface area contributed by atoms with Crippen LogP contribution >= 0.6 is 0 Å². The van der Waals surface area contributed by atoms with Gasteiger partial charge in [0.15, 0.2) is 0 Å². The molecule has 3 unspecified atom stereocenters. The Bertz CT molecular complexity index is 404. The normalized spacial score (nSPS) is 37.5. The van der Waals surface area contributed by atoms with E-state index in [2.05, 4.69) is 50.3 Å². The second kappa shape index (κ2) is 2.96. The number of rotatable bonds is 1. The summed E-state index contributed by atoms with van der Waals surface area (Å²) in [6.45, 7) is 4.32. The monoisotopic (exact) mass is 200 g/mol. The Hall–Kier alpha value is -1.08. The van der Waals surface area contributed by atoms with Gasteiger partial charge in [-0.1, -0.05) is 42.0 Å². The van der Waals surface area contributed by atoms with Crippen LogP contribution in [-0.2, 0) is 4.74 Å². The van der Waals surface area contributed by atoms with Crippen LogP contribution in [0.15, 0.2) is 36.4 Å². The van der Waals surface area contributed by atoms with Gasteiger partial charge < -0.3 is 4.74 Å². The van der Waals surface area contributed by atoms with Crippen molar-refractivity contribution in [2.75, 3.05) is 0 Å². The van der Waals surface area contributed by atoms with Crippen LogP contribution in [0.5, 0.6) is 0 Å². The summed E-state index contributed by atoms with van der Waals surface area (Å²) in [5.74, 6) is 0.535. The standard InChI is InChI=1S/C14H16O/c1-10-3-5-11(6-4-10)13-9-12-7-8-14(13,2)15-12/h3-8,12-13H,9H2,1-2H3. The smallest absolute Gasteiger partial charge is 0.0912 e. The van der Waals surface area contributed by atoms with E-state index in [4.69, 9.17) is 4.74 Å². The van der Waals surface area contributed by atoms with E-state index in [0.29, 0.717) is 12.0 Å². The Morgan fingerprint density at radius 2 is 2.00 bits per heavy atom. The minimum atomic E-state index is -0.0556. The molecule has 0 N–H and O–H groups in total. The summed E-state index contributed by atoms with van der Waals surface area (Å²) in [5.41, 5.74) is 2.68. The summed E-state index contributed by atoms with van der Waals surface area (Å²) in [5, 5.41) is 0. The molecule has 2 heterocycles. The van der Waals surface area contributed by atoms with E-state index in [1.54, 1.807) is 0 Å². The molecule has 15 heavy (non-hydrogen) atoms. The highest BCUT2D eigenvalue weighted by atomic mass is 16.5. The van der Waals surface area contributed by atoms with Crippen LogP contribution in [0, 0.1) is 6.92 Å². The van der Waals surface area contributed by atoms with E-state index in [-0.39, 0.29) is 5.60 Å². The lowest BCUT2D eigenvalue weighted by atomic mass is 9.79. The van der Waals surface area contributed by atoms with Gasteiger partial charge in [0.25, 0.3) is 0 Å². The molecule has 2 aliphatic rings. The van der Waals surface area contributed by atoms with Gasteiger partial charge in [0, 0.05) is 5.92 Å². The second-order valence-corrected chi connectivity index (χ2v) is 4.90. The quantitative estimate of drug-likeness (QED) is 0.632. The predicted octanol–water partition coefficient (Wildman–Crippen LogP) is 3.20. The second-order valence-electron chi connectivity index (χ2n) is 4.90. The van der Waals surface area contributed by atoms with Crippen molar-refractivity contribution in [3.8, 4) is 0 Å². The van der Waals surface area contributed by atoms with Gasteiger partial charge in [0.05, 0.1) is 11.7 Å². The molecule has 1 saturated heterocycles. The summed E-state index contributed by atoms with van der Waals surface area (Å²) in [7, 11) is 0. The van der Waals surface area contributed by atoms with Gasteiger partial charge >= 0.3 is 0 Å². The fraction of sp³-hybridized carbons (Fsp3) is 0.429. The minimum absolute atomic E-state index is 0.0556. The van der Waals surface area contributed by atoms with E-state index in [9.17, 15) is 0 Å². The number of fused-ring (bicyclic) bond motifs is 2. The lowest BCUT2D eigenvalue weighted by Gasteiger charge is -2.26. The largest absolute Gasteiger partial charge is 0.363 e. The molecule has 1 nitrogen and oxygen atoms in total. The van der Waals surface area contributed by atoms with Gasteiger partial charge in [-0.2, -0.15) is 0 Å². The van der Waals surface area contributed by atoms with Crippen molar-refractivity contribution < 1.29 is 4.74 Å². The molecular formula is C14H16O. The fourth-order valence-electron chi connectivity index (χ4n) is 2.76. The summed E-state index contributed by atoms with van der Waals surface area (Å²) in [6, 6.07) is 8.86. The first-order valence-electron chi connectivity index (χ1n) is 5.61. The zero-order valence-electron chi connectivity index (χ0n) is 9.23. The predicted molar refractivity (Wildman–Crippen MR) is 61.0 cm³/mol. The number of benzene rings is 1. The Labute approximate surface area is 90.8 Å². The van der Waals surface area contributed by atoms with E-state index in [0.717, 1.165) is 6.42 Å². The molecule has 0 radical (unpaired) electrons. The third kappa shape index (κ3) is 1.34. The zero-order valence-corrected chi connectivity index (χ0v) is 9.23. The first kappa shape index (κ1) is 9.17. The molecule has 0 aromatic heterocycles. The number of hydrogen-bond acceptors (Lipinski definition) is 1. The summed E-state index contributed by atoms with van der Waals surface area (Å²) in [6.07, 6.45) is 5.91. The molecule has 3 atom stereocenters. The van der Waals surface area contributed by atoms with Crippen molar-refractivity contribution in [2.45, 2.75) is 37.9 Å². The zero-order chi connectivity index (χ0) is 10.5. The van der Waals surface area contributed by atoms with Gasteiger partial charge in [-0.3, -0.25) is 0 Å². The molecule has 2 bridgehead atoms. The molecule has 0 saturated carbocycles. The lowest BCUT2D eigenvalue weighted by Crippen LogP contribution is -2.26. The first-order chi connectivity index (χ1) is 7.17. The molecule has 0 aliphatic carbocycles. The topological polar surface area (TPSA) is 9.23 Å². The number of hydrogen-bond donors (Lipinski definition) is 0. The van der Waals surface area contributed by atoms with Crippen molar-refractivity contribution in [1.29, 1.82) is 0 Å². The van der Waals surface area contributed by atoms with E-state index >= 15 is 0 Å². The SMILES string of the molecule is Cc1ccc(C2CC3C=CC2(C)O3)cc1. The van der Waals surface area contributed by atoms with Crippen molar-refractivity contribution >= 4 is 0 Å². The fourth-order valence-corrected chi connectivity index (χ4v) is 2.76. The van der Waals surface area contributed by atoms with Crippen LogP contribution in [-0.4, -0.2) is 11.7 Å². The van der Waals surface area contributed by atoms with E-state index < -0.39 is 0 Å². The highest BCUT2D eigenvalue weighted by Gasteiger charge is 2.46. The molecule has 1 aromatic carbocycles. The molecule has 1 aromatic rings. The van der Waals surface area contributed by atoms with Crippen molar-refractivity contribution in [2.24, 2.45) is 0 Å². The van der Waals surface area contributed by atoms with Crippen LogP contribution in [0.3, 0.4) is 0 Å². The highest BCUT2D eigenvalue weighted by molar-refractivity contribution is 5.33. The Balaban J connectivity index is 1.96. The van der Waals surface area contributed by atoms with Crippen LogP contribution in [0.25, 0.3) is 0 Å². The summed E-state index contributed by atoms with van der Waals surface area (Å²) >= 11 is 0. The van der Waals surface area contributed by atoms with Crippen molar-refractivity contribution in [3.63, 3.8) is 0 Å². The van der Waals surface area contributed by atoms with Gasteiger partial charge in [-0.05, 0) is 25.8 Å². The Kier molecular flexibility index (Phi) is 1.81. The molecule has 1 fully saturated rings. The average Bonchev–Trinajstić information content (AvgIpc) is 2.74. The van der Waals surface area contributed by atoms with Crippen LogP contribution in [0.4, 0.5) is 0 Å². The maximum atomic E-state index is 5.95. The highest BCUT2D eigenvalue weighted by Crippen LogP contribution is 2.48. The van der Waals surface area contributed by atoms with Gasteiger partial charge in [0.2, 0.25) is 0 Å². The Morgan fingerprint density at radius 3 is 2.53 bits per heavy atom. The molecular weight excluding hydrogens is 184 g/mol. The van der Waals surface area contributed by atoms with Crippen molar-refractivity contribution in [1.82, 2.24) is 0 Å². The molecule has 78 valence electrons. The van der Waals surface area contributed by atoms with Gasteiger partial charge in [0.1, 0.15) is 0 Å². The van der Waals surface area contributed by atoms with Gasteiger partial charge in [-0.25, -0.2) is 0 Å². The molecule has 1 heteroatoms. The Morgan fingerprint density at radius 1 is 1.27 bits per heavy atom. The third-order valence-electron chi connectivity index (χ3n) is 3.69. The maximum Gasteiger partial charge on any atom is 0.0912 e. The summed E-state index contributed by atoms with van der Waals surface area (Å²) in [4.78, 5) is 0. The summed E-state index contributed by atoms with van der Waals surface area (Å²) < 4.78 is 5.95. The van der Waals surface area contributed by atoms with Crippen LogP contribution < -0.4 is 0 Å². The average molecular weight is 200 g/mol.